The summed E-state index contributed by atoms with van der Waals surface area (Å²) in [5, 5.41) is 11.6. The highest BCUT2D eigenvalue weighted by Crippen LogP contribution is 2.20. The van der Waals surface area contributed by atoms with Gasteiger partial charge in [0, 0.05) is 37.9 Å². The molecule has 0 atom stereocenters. The number of anilines is 3. The van der Waals surface area contributed by atoms with Crippen molar-refractivity contribution in [3.63, 3.8) is 0 Å². The van der Waals surface area contributed by atoms with E-state index in [2.05, 4.69) is 59.5 Å². The zero-order valence-corrected chi connectivity index (χ0v) is 17.5. The van der Waals surface area contributed by atoms with E-state index < -0.39 is 0 Å². The maximum atomic E-state index is 12.3. The van der Waals surface area contributed by atoms with Crippen LogP contribution in [0.25, 0.3) is 0 Å². The van der Waals surface area contributed by atoms with Crippen molar-refractivity contribution < 1.29 is 4.79 Å². The molecule has 0 aliphatic carbocycles. The van der Waals surface area contributed by atoms with Gasteiger partial charge in [-0.1, -0.05) is 30.0 Å². The first-order valence-electron chi connectivity index (χ1n) is 9.77. The van der Waals surface area contributed by atoms with Gasteiger partial charge in [-0.05, 0) is 31.2 Å². The van der Waals surface area contributed by atoms with Crippen LogP contribution in [-0.4, -0.2) is 58.0 Å². The number of hydrogen-bond donors (Lipinski definition) is 1. The molecule has 0 saturated carbocycles. The number of hydrogen-bond acceptors (Lipinski definition) is 8. The average Bonchev–Trinajstić information content (AvgIpc) is 2.80. The fourth-order valence-electron chi connectivity index (χ4n) is 3.20. The number of benzene rings is 1. The molecule has 0 bridgehead atoms. The number of rotatable bonds is 6. The molecule has 0 spiro atoms. The highest BCUT2D eigenvalue weighted by molar-refractivity contribution is 7.99. The lowest BCUT2D eigenvalue weighted by Gasteiger charge is -2.36. The Morgan fingerprint density at radius 1 is 1.00 bits per heavy atom. The Morgan fingerprint density at radius 2 is 1.77 bits per heavy atom. The smallest absolute Gasteiger partial charge is 0.235 e. The molecule has 30 heavy (non-hydrogen) atoms. The highest BCUT2D eigenvalue weighted by Gasteiger charge is 2.19. The summed E-state index contributed by atoms with van der Waals surface area (Å²) in [6, 6.07) is 16.0. The van der Waals surface area contributed by atoms with Gasteiger partial charge in [0.2, 0.25) is 5.91 Å². The van der Waals surface area contributed by atoms with Crippen molar-refractivity contribution in [2.75, 3.05) is 47.0 Å². The van der Waals surface area contributed by atoms with Gasteiger partial charge in [0.1, 0.15) is 23.0 Å². The van der Waals surface area contributed by atoms with E-state index in [1.165, 1.54) is 23.8 Å². The topological polar surface area (TPSA) is 87.1 Å². The maximum Gasteiger partial charge on any atom is 0.235 e. The van der Waals surface area contributed by atoms with Crippen LogP contribution in [0.3, 0.4) is 0 Å². The highest BCUT2D eigenvalue weighted by atomic mass is 32.2. The summed E-state index contributed by atoms with van der Waals surface area (Å²) < 4.78 is 0. The van der Waals surface area contributed by atoms with Crippen LogP contribution in [-0.2, 0) is 4.79 Å². The molecule has 0 unspecified atom stereocenters. The number of thioether (sulfide) groups is 1. The molecular formula is C21H23N7OS. The van der Waals surface area contributed by atoms with Crippen molar-refractivity contribution in [3.8, 4) is 0 Å². The molecule has 0 radical (unpaired) electrons. The molecule has 1 aliphatic rings. The summed E-state index contributed by atoms with van der Waals surface area (Å²) in [6.07, 6.45) is 1.49. The van der Waals surface area contributed by atoms with Gasteiger partial charge in [0.25, 0.3) is 0 Å². The number of aryl methyl sites for hydroxylation is 1. The zero-order valence-electron chi connectivity index (χ0n) is 16.7. The Labute approximate surface area is 179 Å². The molecule has 4 rings (SSSR count). The second-order valence-corrected chi connectivity index (χ2v) is 7.92. The number of carbonyl (C=O) groups is 1. The summed E-state index contributed by atoms with van der Waals surface area (Å²) in [7, 11) is 0. The Kier molecular flexibility index (Phi) is 6.38. The van der Waals surface area contributed by atoms with Crippen molar-refractivity contribution >= 4 is 35.0 Å². The van der Waals surface area contributed by atoms with Gasteiger partial charge < -0.3 is 15.1 Å². The van der Waals surface area contributed by atoms with Crippen LogP contribution in [0.5, 0.6) is 0 Å². The van der Waals surface area contributed by atoms with Gasteiger partial charge in [0.05, 0.1) is 11.4 Å². The number of nitrogens with zero attached hydrogens (tertiary/aromatic N) is 6. The van der Waals surface area contributed by atoms with Gasteiger partial charge in [-0.25, -0.2) is 9.97 Å². The Bertz CT molecular complexity index is 976. The van der Waals surface area contributed by atoms with Crippen molar-refractivity contribution in [2.24, 2.45) is 0 Å². The molecular weight excluding hydrogens is 398 g/mol. The fraction of sp³-hybridized carbons (Fsp3) is 0.286. The molecule has 1 aliphatic heterocycles. The van der Waals surface area contributed by atoms with E-state index >= 15 is 0 Å². The normalized spacial score (nSPS) is 13.9. The Morgan fingerprint density at radius 3 is 2.50 bits per heavy atom. The van der Waals surface area contributed by atoms with Crippen LogP contribution < -0.4 is 15.1 Å². The van der Waals surface area contributed by atoms with Gasteiger partial charge in [-0.15, -0.1) is 5.10 Å². The number of para-hydroxylation sites is 1. The third kappa shape index (κ3) is 5.24. The van der Waals surface area contributed by atoms with E-state index in [0.717, 1.165) is 42.7 Å². The van der Waals surface area contributed by atoms with Crippen LogP contribution in [0.15, 0.2) is 59.9 Å². The lowest BCUT2D eigenvalue weighted by molar-refractivity contribution is -0.113. The summed E-state index contributed by atoms with van der Waals surface area (Å²) >= 11 is 1.34. The van der Waals surface area contributed by atoms with Crippen LogP contribution in [0, 0.1) is 6.92 Å². The molecule has 1 fully saturated rings. The van der Waals surface area contributed by atoms with E-state index in [0.29, 0.717) is 5.82 Å². The van der Waals surface area contributed by atoms with E-state index in [9.17, 15) is 4.79 Å². The molecule has 154 valence electrons. The fourth-order valence-corrected chi connectivity index (χ4v) is 3.82. The van der Waals surface area contributed by atoms with E-state index in [1.807, 2.05) is 31.2 Å². The molecule has 2 aromatic heterocycles. The molecule has 1 amide bonds. The summed E-state index contributed by atoms with van der Waals surface area (Å²) in [5.74, 6) is 1.43. The van der Waals surface area contributed by atoms with E-state index in [4.69, 9.17) is 0 Å². The average molecular weight is 422 g/mol. The molecule has 1 saturated heterocycles. The van der Waals surface area contributed by atoms with Crippen LogP contribution in [0.4, 0.5) is 17.3 Å². The van der Waals surface area contributed by atoms with Crippen molar-refractivity contribution in [3.05, 3.63) is 60.6 Å². The standard InChI is InChI=1S/C21H23N7OS/c1-16-7-8-21(26-25-16)30-14-20(29)24-18-13-19(23-15-22-18)28-11-9-27(10-12-28)17-5-3-2-4-6-17/h2-8,13,15H,9-12,14H2,1H3,(H,22,23,24,29). The van der Waals surface area contributed by atoms with Gasteiger partial charge in [-0.2, -0.15) is 5.10 Å². The molecule has 1 aromatic carbocycles. The predicted molar refractivity (Wildman–Crippen MR) is 119 cm³/mol. The first-order valence-corrected chi connectivity index (χ1v) is 10.8. The van der Waals surface area contributed by atoms with Crippen molar-refractivity contribution in [2.45, 2.75) is 11.9 Å². The largest absolute Gasteiger partial charge is 0.368 e. The van der Waals surface area contributed by atoms with Crippen molar-refractivity contribution in [1.82, 2.24) is 20.2 Å². The SMILES string of the molecule is Cc1ccc(SCC(=O)Nc2cc(N3CCN(c4ccccc4)CC3)ncn2)nn1. The number of aromatic nitrogens is 4. The summed E-state index contributed by atoms with van der Waals surface area (Å²) in [6.45, 7) is 5.44. The lowest BCUT2D eigenvalue weighted by Crippen LogP contribution is -2.46. The van der Waals surface area contributed by atoms with Gasteiger partial charge in [0.15, 0.2) is 0 Å². The third-order valence-corrected chi connectivity index (χ3v) is 5.69. The maximum absolute atomic E-state index is 12.3. The zero-order chi connectivity index (χ0) is 20.8. The Hall–Kier alpha value is -3.20. The molecule has 3 heterocycles. The second-order valence-electron chi connectivity index (χ2n) is 6.92. The minimum atomic E-state index is -0.138. The molecule has 9 heteroatoms. The first kappa shape index (κ1) is 20.1. The quantitative estimate of drug-likeness (QED) is 0.608. The number of nitrogens with one attached hydrogen (secondary N) is 1. The minimum Gasteiger partial charge on any atom is -0.368 e. The molecule has 1 N–H and O–H groups in total. The third-order valence-electron chi connectivity index (χ3n) is 4.77. The van der Waals surface area contributed by atoms with Gasteiger partial charge >= 0.3 is 0 Å². The summed E-state index contributed by atoms with van der Waals surface area (Å²) in [5.41, 5.74) is 2.09. The number of amides is 1. The van der Waals surface area contributed by atoms with Crippen LogP contribution in [0.2, 0.25) is 0 Å². The van der Waals surface area contributed by atoms with Crippen LogP contribution in [0.1, 0.15) is 5.69 Å². The van der Waals surface area contributed by atoms with Crippen molar-refractivity contribution in [1.29, 1.82) is 0 Å². The number of piperazine rings is 1. The van der Waals surface area contributed by atoms with Gasteiger partial charge in [-0.3, -0.25) is 4.79 Å². The molecule has 3 aromatic rings. The van der Waals surface area contributed by atoms with E-state index in [-0.39, 0.29) is 11.7 Å². The van der Waals surface area contributed by atoms with E-state index in [1.54, 1.807) is 0 Å². The molecule has 8 nitrogen and oxygen atoms in total. The Balaban J connectivity index is 1.30. The van der Waals surface area contributed by atoms with Crippen LogP contribution >= 0.6 is 11.8 Å². The lowest BCUT2D eigenvalue weighted by atomic mass is 10.2. The predicted octanol–water partition coefficient (Wildman–Crippen LogP) is 2.63. The number of carbonyl (C=O) groups excluding carboxylic acids is 1. The monoisotopic (exact) mass is 421 g/mol. The first-order chi connectivity index (χ1) is 14.7. The summed E-state index contributed by atoms with van der Waals surface area (Å²) in [4.78, 5) is 25.4. The second kappa shape index (κ2) is 9.53. The minimum absolute atomic E-state index is 0.138.